The Bertz CT molecular complexity index is 327. The van der Waals surface area contributed by atoms with Crippen molar-refractivity contribution in [1.29, 1.82) is 0 Å². The Morgan fingerprint density at radius 3 is 2.86 bits per heavy atom. The lowest BCUT2D eigenvalue weighted by atomic mass is 9.98. The molecule has 0 aliphatic carbocycles. The number of halogens is 2. The van der Waals surface area contributed by atoms with E-state index in [0.717, 1.165) is 25.1 Å². The Hall–Kier alpha value is -0.380. The summed E-state index contributed by atoms with van der Waals surface area (Å²) in [6.07, 6.45) is 2.14. The second-order valence-electron chi connectivity index (χ2n) is 3.32. The predicted octanol–water partition coefficient (Wildman–Crippen LogP) is 2.68. The summed E-state index contributed by atoms with van der Waals surface area (Å²) in [6.45, 7) is 1.54. The van der Waals surface area contributed by atoms with E-state index in [9.17, 15) is 0 Å². The van der Waals surface area contributed by atoms with Crippen molar-refractivity contribution in [2.75, 3.05) is 13.2 Å². The van der Waals surface area contributed by atoms with Gasteiger partial charge >= 0.3 is 0 Å². The van der Waals surface area contributed by atoms with E-state index in [1.807, 2.05) is 0 Å². The number of hydrogen-bond donors (Lipinski definition) is 0. The molecule has 1 aliphatic rings. The third-order valence-electron chi connectivity index (χ3n) is 2.30. The Kier molecular flexibility index (Phi) is 3.21. The van der Waals surface area contributed by atoms with Crippen molar-refractivity contribution in [3.05, 3.63) is 21.9 Å². The predicted molar refractivity (Wildman–Crippen MR) is 54.8 cm³/mol. The van der Waals surface area contributed by atoms with Crippen LogP contribution < -0.4 is 0 Å². The summed E-state index contributed by atoms with van der Waals surface area (Å²) in [6, 6.07) is 1.77. The van der Waals surface area contributed by atoms with Crippen molar-refractivity contribution in [3.8, 4) is 0 Å². The zero-order valence-corrected chi connectivity index (χ0v) is 9.05. The van der Waals surface area contributed by atoms with Gasteiger partial charge in [-0.15, -0.1) is 5.10 Å². The largest absolute Gasteiger partial charge is 0.381 e. The first-order chi connectivity index (χ1) is 6.77. The molecule has 0 bridgehead atoms. The zero-order valence-electron chi connectivity index (χ0n) is 7.54. The fraction of sp³-hybridized carbons (Fsp3) is 0.556. The van der Waals surface area contributed by atoms with E-state index in [2.05, 4.69) is 10.2 Å². The second-order valence-corrected chi connectivity index (χ2v) is 4.09. The van der Waals surface area contributed by atoms with Gasteiger partial charge in [-0.2, -0.15) is 5.10 Å². The second kappa shape index (κ2) is 4.43. The average Bonchev–Trinajstić information content (AvgIpc) is 2.23. The number of rotatable bonds is 1. The van der Waals surface area contributed by atoms with E-state index in [0.29, 0.717) is 17.5 Å². The first-order valence-corrected chi connectivity index (χ1v) is 5.29. The summed E-state index contributed by atoms with van der Waals surface area (Å²) in [5, 5.41) is 8.52. The molecule has 1 aromatic rings. The highest BCUT2D eigenvalue weighted by atomic mass is 35.5. The van der Waals surface area contributed by atoms with Crippen LogP contribution in [0.5, 0.6) is 0 Å². The molecule has 0 aromatic carbocycles. The van der Waals surface area contributed by atoms with Crippen molar-refractivity contribution in [1.82, 2.24) is 10.2 Å². The van der Waals surface area contributed by atoms with E-state index < -0.39 is 0 Å². The summed E-state index contributed by atoms with van der Waals surface area (Å²) in [5.41, 5.74) is 0.874. The van der Waals surface area contributed by atoms with Crippen LogP contribution in [0.15, 0.2) is 6.07 Å². The van der Waals surface area contributed by atoms with Crippen LogP contribution >= 0.6 is 23.2 Å². The van der Waals surface area contributed by atoms with Gasteiger partial charge in [-0.3, -0.25) is 0 Å². The van der Waals surface area contributed by atoms with Crippen LogP contribution in [0, 0.1) is 0 Å². The smallest absolute Gasteiger partial charge is 0.170 e. The molecule has 2 rings (SSSR count). The van der Waals surface area contributed by atoms with Crippen LogP contribution in [-0.4, -0.2) is 23.4 Å². The topological polar surface area (TPSA) is 35.0 Å². The Morgan fingerprint density at radius 2 is 2.21 bits per heavy atom. The maximum atomic E-state index is 5.86. The molecular formula is C9H10Cl2N2O. The van der Waals surface area contributed by atoms with E-state index >= 15 is 0 Å². The molecule has 2 heterocycles. The molecular weight excluding hydrogens is 223 g/mol. The molecule has 0 N–H and O–H groups in total. The first kappa shape index (κ1) is 10.1. The molecule has 14 heavy (non-hydrogen) atoms. The highest BCUT2D eigenvalue weighted by Gasteiger charge is 2.18. The molecule has 3 nitrogen and oxygen atoms in total. The molecule has 5 heteroatoms. The van der Waals surface area contributed by atoms with Crippen LogP contribution in [0.4, 0.5) is 0 Å². The summed E-state index contributed by atoms with van der Waals surface area (Å²) >= 11 is 11.5. The van der Waals surface area contributed by atoms with Crippen LogP contribution in [-0.2, 0) is 4.74 Å². The number of nitrogens with zero attached hydrogens (tertiary/aromatic N) is 2. The summed E-state index contributed by atoms with van der Waals surface area (Å²) in [4.78, 5) is 0. The lowest BCUT2D eigenvalue weighted by Crippen LogP contribution is -2.16. The zero-order chi connectivity index (χ0) is 9.97. The maximum Gasteiger partial charge on any atom is 0.170 e. The third-order valence-corrected chi connectivity index (χ3v) is 2.97. The SMILES string of the molecule is Clc1cc(C2CCCOC2)nnc1Cl. The number of hydrogen-bond acceptors (Lipinski definition) is 3. The highest BCUT2D eigenvalue weighted by molar-refractivity contribution is 6.41. The summed E-state index contributed by atoms with van der Waals surface area (Å²) < 4.78 is 5.36. The molecule has 0 radical (unpaired) electrons. The van der Waals surface area contributed by atoms with Gasteiger partial charge in [0.05, 0.1) is 17.3 Å². The first-order valence-electron chi connectivity index (χ1n) is 4.54. The lowest BCUT2D eigenvalue weighted by Gasteiger charge is -2.21. The van der Waals surface area contributed by atoms with E-state index in [4.69, 9.17) is 27.9 Å². The molecule has 1 fully saturated rings. The monoisotopic (exact) mass is 232 g/mol. The number of aromatic nitrogens is 2. The van der Waals surface area contributed by atoms with Crippen molar-refractivity contribution >= 4 is 23.2 Å². The molecule has 0 saturated carbocycles. The van der Waals surface area contributed by atoms with Gasteiger partial charge in [0.25, 0.3) is 0 Å². The molecule has 1 atom stereocenters. The Labute approximate surface area is 92.4 Å². The minimum atomic E-state index is 0.257. The van der Waals surface area contributed by atoms with Crippen LogP contribution in [0.3, 0.4) is 0 Å². The van der Waals surface area contributed by atoms with Gasteiger partial charge in [-0.05, 0) is 18.9 Å². The van der Waals surface area contributed by atoms with Gasteiger partial charge < -0.3 is 4.74 Å². The van der Waals surface area contributed by atoms with Crippen molar-refractivity contribution in [2.45, 2.75) is 18.8 Å². The van der Waals surface area contributed by atoms with Crippen LogP contribution in [0.25, 0.3) is 0 Å². The van der Waals surface area contributed by atoms with Gasteiger partial charge in [-0.25, -0.2) is 0 Å². The maximum absolute atomic E-state index is 5.86. The molecule has 1 aliphatic heterocycles. The molecule has 1 saturated heterocycles. The minimum Gasteiger partial charge on any atom is -0.381 e. The van der Waals surface area contributed by atoms with Gasteiger partial charge in [-0.1, -0.05) is 23.2 Å². The molecule has 0 spiro atoms. The van der Waals surface area contributed by atoms with E-state index in [1.165, 1.54) is 0 Å². The van der Waals surface area contributed by atoms with Gasteiger partial charge in [0, 0.05) is 12.5 Å². The fourth-order valence-electron chi connectivity index (χ4n) is 1.54. The van der Waals surface area contributed by atoms with Crippen molar-refractivity contribution in [3.63, 3.8) is 0 Å². The van der Waals surface area contributed by atoms with Crippen molar-refractivity contribution < 1.29 is 4.74 Å². The van der Waals surface area contributed by atoms with E-state index in [-0.39, 0.29) is 5.15 Å². The minimum absolute atomic E-state index is 0.257. The van der Waals surface area contributed by atoms with Gasteiger partial charge in [0.1, 0.15) is 0 Å². The Morgan fingerprint density at radius 1 is 1.36 bits per heavy atom. The van der Waals surface area contributed by atoms with E-state index in [1.54, 1.807) is 6.07 Å². The quantitative estimate of drug-likeness (QED) is 0.747. The van der Waals surface area contributed by atoms with Gasteiger partial charge in [0.15, 0.2) is 5.15 Å². The number of ether oxygens (including phenoxy) is 1. The molecule has 1 unspecified atom stereocenters. The van der Waals surface area contributed by atoms with Crippen molar-refractivity contribution in [2.24, 2.45) is 0 Å². The fourth-order valence-corrected chi connectivity index (χ4v) is 1.78. The van der Waals surface area contributed by atoms with Crippen LogP contribution in [0.1, 0.15) is 24.5 Å². The summed E-state index contributed by atoms with van der Waals surface area (Å²) in [7, 11) is 0. The van der Waals surface area contributed by atoms with Crippen LogP contribution in [0.2, 0.25) is 10.2 Å². The highest BCUT2D eigenvalue weighted by Crippen LogP contribution is 2.27. The third kappa shape index (κ3) is 2.16. The molecule has 0 amide bonds. The van der Waals surface area contributed by atoms with Gasteiger partial charge in [0.2, 0.25) is 0 Å². The molecule has 76 valence electrons. The lowest BCUT2D eigenvalue weighted by molar-refractivity contribution is 0.0790. The summed E-state index contributed by atoms with van der Waals surface area (Å²) in [5.74, 6) is 0.311. The normalized spacial score (nSPS) is 22.3. The average molecular weight is 233 g/mol. The molecule has 1 aromatic heterocycles. The Balaban J connectivity index is 2.18. The standard InChI is InChI=1S/C9H10Cl2N2O/c10-7-4-8(12-13-9(7)11)6-2-1-3-14-5-6/h4,6H,1-3,5H2.